The van der Waals surface area contributed by atoms with Crippen LogP contribution in [0.15, 0.2) is 87.2 Å². The highest BCUT2D eigenvalue weighted by Crippen LogP contribution is 2.41. The van der Waals surface area contributed by atoms with E-state index >= 15 is 0 Å². The molecule has 5 rings (SSSR count). The van der Waals surface area contributed by atoms with Gasteiger partial charge in [0.25, 0.3) is 5.91 Å². The van der Waals surface area contributed by atoms with Gasteiger partial charge in [-0.3, -0.25) is 9.69 Å². The number of aliphatic imine (C=N–C) groups is 1. The Labute approximate surface area is 271 Å². The highest BCUT2D eigenvalue weighted by molar-refractivity contribution is 9.10. The summed E-state index contributed by atoms with van der Waals surface area (Å²) >= 11 is 30.4. The molecule has 208 valence electrons. The molecule has 0 aliphatic carbocycles. The van der Waals surface area contributed by atoms with Gasteiger partial charge in [0.2, 0.25) is 0 Å². The second kappa shape index (κ2) is 12.8. The van der Waals surface area contributed by atoms with Crippen molar-refractivity contribution in [3.8, 4) is 5.75 Å². The molecule has 0 spiro atoms. The largest absolute Gasteiger partial charge is 0.487 e. The lowest BCUT2D eigenvalue weighted by atomic mass is 10.1. The SMILES string of the molecule is Cc1ccc(N=C2S/C(=C/c3cc(Cl)cc(Cl)c3OCc3ccc(Br)cc3)C(=O)N2c2ccc(C)c(Cl)c2)cc1Cl. The van der Waals surface area contributed by atoms with Crippen LogP contribution in [-0.2, 0) is 11.4 Å². The lowest BCUT2D eigenvalue weighted by molar-refractivity contribution is -0.113. The third-order valence-electron chi connectivity index (χ3n) is 6.22. The third-order valence-corrected chi connectivity index (χ3v) is 9.03. The average Bonchev–Trinajstić information content (AvgIpc) is 3.22. The molecule has 1 amide bonds. The molecule has 1 aliphatic rings. The number of hydrogen-bond donors (Lipinski definition) is 0. The molecule has 0 unspecified atom stereocenters. The lowest BCUT2D eigenvalue weighted by Gasteiger charge is -2.17. The maximum absolute atomic E-state index is 13.9. The van der Waals surface area contributed by atoms with Gasteiger partial charge < -0.3 is 4.74 Å². The zero-order valence-electron chi connectivity index (χ0n) is 21.7. The van der Waals surface area contributed by atoms with Crippen molar-refractivity contribution in [3.63, 3.8) is 0 Å². The van der Waals surface area contributed by atoms with Crippen molar-refractivity contribution in [2.75, 3.05) is 4.90 Å². The van der Waals surface area contributed by atoms with Crippen molar-refractivity contribution >= 4 is 103 Å². The van der Waals surface area contributed by atoms with Crippen LogP contribution in [0.25, 0.3) is 6.08 Å². The van der Waals surface area contributed by atoms with Gasteiger partial charge in [-0.1, -0.05) is 86.6 Å². The number of halogens is 5. The Hall–Kier alpha value is -2.45. The summed E-state index contributed by atoms with van der Waals surface area (Å²) in [5.74, 6) is 0.141. The summed E-state index contributed by atoms with van der Waals surface area (Å²) in [4.78, 5) is 20.6. The molecule has 0 radical (unpaired) electrons. The van der Waals surface area contributed by atoms with Crippen molar-refractivity contribution in [1.29, 1.82) is 0 Å². The van der Waals surface area contributed by atoms with Crippen LogP contribution in [0.4, 0.5) is 11.4 Å². The molecule has 0 saturated carbocycles. The van der Waals surface area contributed by atoms with E-state index in [2.05, 4.69) is 15.9 Å². The lowest BCUT2D eigenvalue weighted by Crippen LogP contribution is -2.28. The first-order chi connectivity index (χ1) is 19.6. The predicted molar refractivity (Wildman–Crippen MR) is 177 cm³/mol. The number of aryl methyl sites for hydroxylation is 2. The van der Waals surface area contributed by atoms with Gasteiger partial charge in [0.15, 0.2) is 5.17 Å². The van der Waals surface area contributed by atoms with Crippen LogP contribution in [0, 0.1) is 13.8 Å². The minimum Gasteiger partial charge on any atom is -0.487 e. The zero-order chi connectivity index (χ0) is 29.3. The molecule has 10 heteroatoms. The summed E-state index contributed by atoms with van der Waals surface area (Å²) in [6, 6.07) is 22.1. The number of benzene rings is 4. The summed E-state index contributed by atoms with van der Waals surface area (Å²) in [7, 11) is 0. The summed E-state index contributed by atoms with van der Waals surface area (Å²) in [6.45, 7) is 4.10. The van der Waals surface area contributed by atoms with E-state index in [-0.39, 0.29) is 12.5 Å². The molecule has 0 atom stereocenters. The van der Waals surface area contributed by atoms with E-state index in [0.717, 1.165) is 21.2 Å². The highest BCUT2D eigenvalue weighted by atomic mass is 79.9. The molecular formula is C31H21BrCl4N2O2S. The number of ether oxygens (including phenoxy) is 1. The van der Waals surface area contributed by atoms with Gasteiger partial charge in [0, 0.05) is 25.1 Å². The number of hydrogen-bond acceptors (Lipinski definition) is 4. The van der Waals surface area contributed by atoms with E-state index in [0.29, 0.717) is 52.9 Å². The summed E-state index contributed by atoms with van der Waals surface area (Å²) in [6.07, 6.45) is 1.72. The Morgan fingerprint density at radius 2 is 1.56 bits per heavy atom. The Bertz CT molecular complexity index is 1720. The normalized spacial score (nSPS) is 15.3. The van der Waals surface area contributed by atoms with E-state index in [9.17, 15) is 4.79 Å². The molecule has 1 heterocycles. The summed E-state index contributed by atoms with van der Waals surface area (Å²) in [5, 5.41) is 2.33. The fraction of sp³-hybridized carbons (Fsp3) is 0.0968. The Balaban J connectivity index is 1.56. The smallest absolute Gasteiger partial charge is 0.271 e. The molecule has 4 aromatic rings. The van der Waals surface area contributed by atoms with Crippen LogP contribution >= 0.6 is 74.1 Å². The van der Waals surface area contributed by atoms with Crippen molar-refractivity contribution in [1.82, 2.24) is 0 Å². The van der Waals surface area contributed by atoms with Crippen LogP contribution in [0.2, 0.25) is 20.1 Å². The molecular weight excluding hydrogens is 686 g/mol. The Morgan fingerprint density at radius 1 is 0.878 bits per heavy atom. The predicted octanol–water partition coefficient (Wildman–Crippen LogP) is 11.1. The van der Waals surface area contributed by atoms with Gasteiger partial charge in [-0.2, -0.15) is 0 Å². The fourth-order valence-electron chi connectivity index (χ4n) is 3.98. The number of amidine groups is 1. The van der Waals surface area contributed by atoms with Gasteiger partial charge in [0.05, 0.1) is 21.3 Å². The quantitative estimate of drug-likeness (QED) is 0.187. The highest BCUT2D eigenvalue weighted by Gasteiger charge is 2.35. The van der Waals surface area contributed by atoms with E-state index in [4.69, 9.17) is 56.1 Å². The maximum Gasteiger partial charge on any atom is 0.271 e. The minimum absolute atomic E-state index is 0.276. The molecule has 0 aromatic heterocycles. The molecule has 1 aliphatic heterocycles. The van der Waals surface area contributed by atoms with Crippen molar-refractivity contribution in [2.45, 2.75) is 20.5 Å². The molecule has 41 heavy (non-hydrogen) atoms. The van der Waals surface area contributed by atoms with Crippen LogP contribution in [0.1, 0.15) is 22.3 Å². The molecule has 0 bridgehead atoms. The standard InChI is InChI=1S/C31H21BrCl4N2O2S/c1-17-3-9-23(14-25(17)34)37-31-38(24-10-4-18(2)26(35)15-24)30(39)28(41-31)12-20-11-22(33)13-27(36)29(20)40-16-19-5-7-21(32)8-6-19/h3-15H,16H2,1-2H3/b28-12+,37-31?. The van der Waals surface area contributed by atoms with Crippen LogP contribution in [0.5, 0.6) is 5.75 Å². The topological polar surface area (TPSA) is 41.9 Å². The van der Waals surface area contributed by atoms with Crippen LogP contribution in [0.3, 0.4) is 0 Å². The number of carbonyl (C=O) groups excluding carboxylic acids is 1. The van der Waals surface area contributed by atoms with E-state index in [1.165, 1.54) is 16.7 Å². The van der Waals surface area contributed by atoms with Crippen molar-refractivity contribution in [2.24, 2.45) is 4.99 Å². The number of carbonyl (C=O) groups is 1. The average molecular weight is 707 g/mol. The fourth-order valence-corrected chi connectivity index (χ4v) is 6.15. The summed E-state index contributed by atoms with van der Waals surface area (Å²) < 4.78 is 7.10. The van der Waals surface area contributed by atoms with Crippen molar-refractivity contribution in [3.05, 3.63) is 125 Å². The molecule has 4 nitrogen and oxygen atoms in total. The second-order valence-electron chi connectivity index (χ2n) is 9.23. The summed E-state index contributed by atoms with van der Waals surface area (Å²) in [5.41, 5.74) is 4.56. The Morgan fingerprint density at radius 3 is 2.24 bits per heavy atom. The number of amides is 1. The number of anilines is 1. The third kappa shape index (κ3) is 6.96. The van der Waals surface area contributed by atoms with Gasteiger partial charge in [0.1, 0.15) is 12.4 Å². The van der Waals surface area contributed by atoms with Crippen LogP contribution < -0.4 is 9.64 Å². The Kier molecular flexibility index (Phi) is 9.39. The first-order valence-corrected chi connectivity index (χ1v) is 15.4. The number of nitrogens with zero attached hydrogens (tertiary/aromatic N) is 2. The molecule has 1 fully saturated rings. The van der Waals surface area contributed by atoms with Gasteiger partial charge >= 0.3 is 0 Å². The van der Waals surface area contributed by atoms with Gasteiger partial charge in [-0.15, -0.1) is 0 Å². The first-order valence-electron chi connectivity index (χ1n) is 12.3. The first kappa shape index (κ1) is 30.0. The monoisotopic (exact) mass is 704 g/mol. The van der Waals surface area contributed by atoms with Crippen LogP contribution in [-0.4, -0.2) is 11.1 Å². The van der Waals surface area contributed by atoms with E-state index < -0.39 is 0 Å². The van der Waals surface area contributed by atoms with Gasteiger partial charge in [-0.25, -0.2) is 4.99 Å². The second-order valence-corrected chi connectivity index (χ2v) is 12.8. The maximum atomic E-state index is 13.9. The number of rotatable bonds is 6. The van der Waals surface area contributed by atoms with E-state index in [1.807, 2.05) is 62.4 Å². The zero-order valence-corrected chi connectivity index (χ0v) is 27.1. The molecule has 1 saturated heterocycles. The minimum atomic E-state index is -0.276. The van der Waals surface area contributed by atoms with E-state index in [1.54, 1.807) is 30.3 Å². The molecule has 0 N–H and O–H groups in total. The van der Waals surface area contributed by atoms with Gasteiger partial charge in [-0.05, 0) is 96.9 Å². The molecule has 4 aromatic carbocycles. The van der Waals surface area contributed by atoms with Crippen molar-refractivity contribution < 1.29 is 9.53 Å². The number of thioether (sulfide) groups is 1.